The molecule has 3 rings (SSSR count). The van der Waals surface area contributed by atoms with Crippen LogP contribution in [0.3, 0.4) is 0 Å². The number of hydrogen-bond acceptors (Lipinski definition) is 1. The molecule has 19 heavy (non-hydrogen) atoms. The van der Waals surface area contributed by atoms with Gasteiger partial charge >= 0.3 is 0 Å². The standard InChI is InChI=1S/C17H22N2/c1-12(2)15-10-9-13(3)16-11-18-19(17(15)16)14-7-5-4-6-8-14/h4-8,11-13,15H,9-10H2,1-3H3/t13-,15+/m1/s1. The Kier molecular flexibility index (Phi) is 3.17. The molecule has 0 aliphatic heterocycles. The zero-order chi connectivity index (χ0) is 13.4. The molecule has 0 spiro atoms. The molecule has 0 amide bonds. The van der Waals surface area contributed by atoms with Crippen LogP contribution in [-0.4, -0.2) is 9.78 Å². The first-order chi connectivity index (χ1) is 9.18. The van der Waals surface area contributed by atoms with Crippen molar-refractivity contribution in [2.24, 2.45) is 5.92 Å². The molecule has 2 heteroatoms. The zero-order valence-corrected chi connectivity index (χ0v) is 12.0. The quantitative estimate of drug-likeness (QED) is 0.771. The Bertz CT molecular complexity index is 554. The molecular formula is C17H22N2. The van der Waals surface area contributed by atoms with Crippen LogP contribution in [0.15, 0.2) is 36.5 Å². The molecule has 0 saturated heterocycles. The molecule has 100 valence electrons. The third-order valence-corrected chi connectivity index (χ3v) is 4.43. The van der Waals surface area contributed by atoms with Gasteiger partial charge in [0.2, 0.25) is 0 Å². The monoisotopic (exact) mass is 254 g/mol. The van der Waals surface area contributed by atoms with Gasteiger partial charge in [-0.2, -0.15) is 5.10 Å². The van der Waals surface area contributed by atoms with Crippen molar-refractivity contribution in [3.05, 3.63) is 47.8 Å². The normalized spacial score (nSPS) is 22.5. The second kappa shape index (κ2) is 4.84. The minimum Gasteiger partial charge on any atom is -0.237 e. The maximum atomic E-state index is 4.67. The van der Waals surface area contributed by atoms with Crippen molar-refractivity contribution in [1.29, 1.82) is 0 Å². The van der Waals surface area contributed by atoms with Crippen LogP contribution in [-0.2, 0) is 0 Å². The fourth-order valence-corrected chi connectivity index (χ4v) is 3.27. The highest BCUT2D eigenvalue weighted by Gasteiger charge is 2.31. The summed E-state index contributed by atoms with van der Waals surface area (Å²) in [4.78, 5) is 0. The summed E-state index contributed by atoms with van der Waals surface area (Å²) in [5.41, 5.74) is 4.08. The third-order valence-electron chi connectivity index (χ3n) is 4.43. The van der Waals surface area contributed by atoms with E-state index < -0.39 is 0 Å². The van der Waals surface area contributed by atoms with Gasteiger partial charge in [0, 0.05) is 5.92 Å². The van der Waals surface area contributed by atoms with Crippen LogP contribution in [0.1, 0.15) is 56.7 Å². The smallest absolute Gasteiger partial charge is 0.0649 e. The van der Waals surface area contributed by atoms with E-state index in [1.165, 1.54) is 29.8 Å². The molecule has 2 nitrogen and oxygen atoms in total. The lowest BCUT2D eigenvalue weighted by atomic mass is 9.76. The Labute approximate surface area is 115 Å². The van der Waals surface area contributed by atoms with E-state index in [2.05, 4.69) is 67.1 Å². The van der Waals surface area contributed by atoms with Crippen LogP contribution >= 0.6 is 0 Å². The van der Waals surface area contributed by atoms with E-state index >= 15 is 0 Å². The molecule has 1 heterocycles. The van der Waals surface area contributed by atoms with Crippen molar-refractivity contribution in [3.8, 4) is 5.69 Å². The second-order valence-corrected chi connectivity index (χ2v) is 6.06. The Morgan fingerprint density at radius 1 is 1.16 bits per heavy atom. The summed E-state index contributed by atoms with van der Waals surface area (Å²) in [6.07, 6.45) is 4.65. The molecular weight excluding hydrogens is 232 g/mol. The predicted molar refractivity (Wildman–Crippen MR) is 78.8 cm³/mol. The summed E-state index contributed by atoms with van der Waals surface area (Å²) >= 11 is 0. The van der Waals surface area contributed by atoms with E-state index in [0.29, 0.717) is 17.8 Å². The number of rotatable bonds is 2. The first-order valence-corrected chi connectivity index (χ1v) is 7.31. The van der Waals surface area contributed by atoms with Gasteiger partial charge in [-0.15, -0.1) is 0 Å². The predicted octanol–water partition coefficient (Wildman–Crippen LogP) is 4.51. The first-order valence-electron chi connectivity index (χ1n) is 7.31. The van der Waals surface area contributed by atoms with E-state index in [1.54, 1.807) is 0 Å². The molecule has 1 aromatic heterocycles. The van der Waals surface area contributed by atoms with Crippen LogP contribution < -0.4 is 0 Å². The molecule has 1 aliphatic rings. The van der Waals surface area contributed by atoms with Gasteiger partial charge in [0.1, 0.15) is 0 Å². The molecule has 2 atom stereocenters. The number of fused-ring (bicyclic) bond motifs is 1. The van der Waals surface area contributed by atoms with Crippen LogP contribution in [0.25, 0.3) is 5.69 Å². The first kappa shape index (κ1) is 12.5. The lowest BCUT2D eigenvalue weighted by molar-refractivity contribution is 0.396. The highest BCUT2D eigenvalue weighted by molar-refractivity contribution is 5.39. The van der Waals surface area contributed by atoms with Gasteiger partial charge in [-0.3, -0.25) is 0 Å². The Morgan fingerprint density at radius 2 is 1.89 bits per heavy atom. The van der Waals surface area contributed by atoms with Crippen LogP contribution in [0.5, 0.6) is 0 Å². The average Bonchev–Trinajstić information content (AvgIpc) is 2.85. The lowest BCUT2D eigenvalue weighted by Gasteiger charge is -2.30. The van der Waals surface area contributed by atoms with Crippen LogP contribution in [0, 0.1) is 5.92 Å². The topological polar surface area (TPSA) is 17.8 Å². The minimum absolute atomic E-state index is 0.633. The highest BCUT2D eigenvalue weighted by atomic mass is 15.3. The largest absolute Gasteiger partial charge is 0.237 e. The Hall–Kier alpha value is -1.57. The Balaban J connectivity index is 2.13. The van der Waals surface area contributed by atoms with Gasteiger partial charge in [-0.05, 0) is 42.4 Å². The second-order valence-electron chi connectivity index (χ2n) is 6.06. The fraction of sp³-hybridized carbons (Fsp3) is 0.471. The van der Waals surface area contributed by atoms with E-state index in [-0.39, 0.29) is 0 Å². The molecule has 1 aromatic carbocycles. The third kappa shape index (κ3) is 2.09. The number of aromatic nitrogens is 2. The van der Waals surface area contributed by atoms with Crippen molar-refractivity contribution in [2.75, 3.05) is 0 Å². The minimum atomic E-state index is 0.633. The highest BCUT2D eigenvalue weighted by Crippen LogP contribution is 2.42. The molecule has 0 unspecified atom stereocenters. The molecule has 0 N–H and O–H groups in total. The van der Waals surface area contributed by atoms with Gasteiger partial charge in [-0.25, -0.2) is 4.68 Å². The molecule has 0 fully saturated rings. The number of benzene rings is 1. The van der Waals surface area contributed by atoms with Crippen molar-refractivity contribution in [3.63, 3.8) is 0 Å². The van der Waals surface area contributed by atoms with Gasteiger partial charge < -0.3 is 0 Å². The van der Waals surface area contributed by atoms with Gasteiger partial charge in [-0.1, -0.05) is 39.0 Å². The van der Waals surface area contributed by atoms with Crippen molar-refractivity contribution < 1.29 is 0 Å². The van der Waals surface area contributed by atoms with E-state index in [4.69, 9.17) is 0 Å². The molecule has 0 saturated carbocycles. The summed E-state index contributed by atoms with van der Waals surface area (Å²) in [6, 6.07) is 10.5. The summed E-state index contributed by atoms with van der Waals surface area (Å²) in [5.74, 6) is 1.95. The fourth-order valence-electron chi connectivity index (χ4n) is 3.27. The van der Waals surface area contributed by atoms with Crippen molar-refractivity contribution in [2.45, 2.75) is 45.4 Å². The van der Waals surface area contributed by atoms with Gasteiger partial charge in [0.25, 0.3) is 0 Å². The summed E-state index contributed by atoms with van der Waals surface area (Å²) in [5, 5.41) is 4.67. The van der Waals surface area contributed by atoms with E-state index in [1.807, 2.05) is 0 Å². The van der Waals surface area contributed by atoms with Gasteiger partial charge in [0.15, 0.2) is 0 Å². The summed E-state index contributed by atoms with van der Waals surface area (Å²) < 4.78 is 2.16. The SMILES string of the molecule is CC(C)[C@@H]1CC[C@@H](C)c2cnn(-c3ccccc3)c21. The summed E-state index contributed by atoms with van der Waals surface area (Å²) in [6.45, 7) is 6.98. The van der Waals surface area contributed by atoms with Gasteiger partial charge in [0.05, 0.1) is 17.6 Å². The van der Waals surface area contributed by atoms with E-state index in [0.717, 1.165) is 0 Å². The molecule has 1 aliphatic carbocycles. The molecule has 0 radical (unpaired) electrons. The van der Waals surface area contributed by atoms with Crippen molar-refractivity contribution in [1.82, 2.24) is 9.78 Å². The van der Waals surface area contributed by atoms with E-state index in [9.17, 15) is 0 Å². The Morgan fingerprint density at radius 3 is 2.58 bits per heavy atom. The average molecular weight is 254 g/mol. The molecule has 0 bridgehead atoms. The number of para-hydroxylation sites is 1. The van der Waals surface area contributed by atoms with Crippen molar-refractivity contribution >= 4 is 0 Å². The maximum absolute atomic E-state index is 4.67. The molecule has 2 aromatic rings. The number of hydrogen-bond donors (Lipinski definition) is 0. The van der Waals surface area contributed by atoms with Crippen LogP contribution in [0.2, 0.25) is 0 Å². The maximum Gasteiger partial charge on any atom is 0.0649 e. The van der Waals surface area contributed by atoms with Crippen LogP contribution in [0.4, 0.5) is 0 Å². The lowest BCUT2D eigenvalue weighted by Crippen LogP contribution is -2.19. The zero-order valence-electron chi connectivity index (χ0n) is 12.0. The summed E-state index contributed by atoms with van der Waals surface area (Å²) in [7, 11) is 0. The number of nitrogens with zero attached hydrogens (tertiary/aromatic N) is 2.